The number of fused-ring (bicyclic) bond motifs is 2. The van der Waals surface area contributed by atoms with Crippen molar-refractivity contribution in [2.24, 2.45) is 0 Å². The van der Waals surface area contributed by atoms with Crippen LogP contribution in [-0.2, 0) is 0 Å². The molecule has 1 atom stereocenters. The van der Waals surface area contributed by atoms with Crippen LogP contribution in [0.2, 0.25) is 0 Å². The predicted molar refractivity (Wildman–Crippen MR) is 32.2 cm³/mol. The van der Waals surface area contributed by atoms with Gasteiger partial charge in [0, 0.05) is 0 Å². The van der Waals surface area contributed by atoms with Gasteiger partial charge in [0.1, 0.15) is 0 Å². The van der Waals surface area contributed by atoms with Gasteiger partial charge in [-0.25, -0.2) is 0 Å². The second-order valence-electron chi connectivity index (χ2n) is 1.67. The van der Waals surface area contributed by atoms with Gasteiger partial charge in [-0.2, -0.15) is 0 Å². The third-order valence-electron chi connectivity index (χ3n) is 1.11. The maximum absolute atomic E-state index is 1.81. The van der Waals surface area contributed by atoms with Crippen LogP contribution in [0.3, 0.4) is 0 Å². The van der Waals surface area contributed by atoms with Gasteiger partial charge in [0.05, 0.1) is 0 Å². The summed E-state index contributed by atoms with van der Waals surface area (Å²) in [5.41, 5.74) is 0. The Balaban J connectivity index is 2.12. The SMILES string of the molecule is C1CI2[I-]CC1[I-]2. The van der Waals surface area contributed by atoms with Crippen molar-refractivity contribution in [1.82, 2.24) is 0 Å². The fourth-order valence-electron chi connectivity index (χ4n) is 0.708. The normalized spacial score (nSPS) is 45.1. The summed E-state index contributed by atoms with van der Waals surface area (Å²) in [5.74, 6) is 0. The fraction of sp³-hybridized carbons (Fsp3) is 1.00. The molecule has 2 aliphatic heterocycles. The van der Waals surface area contributed by atoms with E-state index in [9.17, 15) is 0 Å². The number of alkyl halides is 3. The van der Waals surface area contributed by atoms with Gasteiger partial charge in [-0.1, -0.05) is 0 Å². The molecule has 0 amide bonds. The van der Waals surface area contributed by atoms with Crippen molar-refractivity contribution >= 4 is 11.9 Å². The number of halogens is 3. The van der Waals surface area contributed by atoms with E-state index in [4.69, 9.17) is 0 Å². The number of hydrogen-bond acceptors (Lipinski definition) is 0. The average Bonchev–Trinajstić information content (AvgIpc) is 2.22. The summed E-state index contributed by atoms with van der Waals surface area (Å²) in [4.78, 5) is 0. The Bertz CT molecular complexity index is 65.0. The molecular weight excluding hydrogens is 429 g/mol. The fourth-order valence-corrected chi connectivity index (χ4v) is 59.9. The molecule has 46 valence electrons. The molecule has 1 unspecified atom stereocenters. The molecule has 0 saturated carbocycles. The van der Waals surface area contributed by atoms with E-state index >= 15 is 0 Å². The van der Waals surface area contributed by atoms with E-state index in [1.165, 1.54) is 3.92 Å². The van der Waals surface area contributed by atoms with Crippen molar-refractivity contribution < 1.29 is 34.5 Å². The Morgan fingerprint density at radius 1 is 1.57 bits per heavy atom. The summed E-state index contributed by atoms with van der Waals surface area (Å²) in [6, 6.07) is 0. The topological polar surface area (TPSA) is 0 Å². The molecule has 2 rings (SSSR count). The minimum atomic E-state index is 0.0857. The van der Waals surface area contributed by atoms with Crippen molar-refractivity contribution in [1.29, 1.82) is 0 Å². The molecule has 0 radical (unpaired) electrons. The first-order valence-corrected chi connectivity index (χ1v) is 19.2. The molecule has 0 spiro atoms. The van der Waals surface area contributed by atoms with Crippen molar-refractivity contribution in [2.45, 2.75) is 10.3 Å². The zero-order valence-corrected chi connectivity index (χ0v) is 10.3. The second-order valence-corrected chi connectivity index (χ2v) is 38.6. The van der Waals surface area contributed by atoms with Crippen LogP contribution in [0.5, 0.6) is 0 Å². The van der Waals surface area contributed by atoms with Crippen LogP contribution in [0.1, 0.15) is 6.42 Å². The van der Waals surface area contributed by atoms with Gasteiger partial charge in [0.15, 0.2) is 0 Å². The van der Waals surface area contributed by atoms with E-state index in [1.807, 2.05) is 4.43 Å². The number of rotatable bonds is 0. The summed E-state index contributed by atoms with van der Waals surface area (Å²) >= 11 is 1.95. The van der Waals surface area contributed by atoms with E-state index < -0.39 is 0 Å². The molecule has 2 heterocycles. The standard InChI is InChI=1S/C4H7I3/c1-2-7-5-3-4(1)6-7/h4H,1-3H2/q-2. The van der Waals surface area contributed by atoms with Crippen LogP contribution in [0.4, 0.5) is 0 Å². The Morgan fingerprint density at radius 2 is 2.57 bits per heavy atom. The third-order valence-corrected chi connectivity index (χ3v) is 46.1. The molecular formula is C4H7I3-2. The van der Waals surface area contributed by atoms with E-state index in [0.29, 0.717) is 0 Å². The first-order chi connectivity index (χ1) is 3.45. The zero-order valence-electron chi connectivity index (χ0n) is 3.83. The molecule has 0 aromatic carbocycles. The van der Waals surface area contributed by atoms with E-state index in [1.54, 1.807) is 10.8 Å². The molecule has 2 bridgehead atoms. The van der Waals surface area contributed by atoms with Crippen molar-refractivity contribution in [3.8, 4) is 0 Å². The van der Waals surface area contributed by atoms with E-state index in [0.717, 1.165) is 34.5 Å². The maximum atomic E-state index is 1.81. The second kappa shape index (κ2) is 2.43. The molecule has 0 aliphatic carbocycles. The van der Waals surface area contributed by atoms with Crippen LogP contribution in [0.15, 0.2) is 0 Å². The van der Waals surface area contributed by atoms with Crippen LogP contribution in [0, 0.1) is 0 Å². The quantitative estimate of drug-likeness (QED) is 0.265. The third kappa shape index (κ3) is 1.20. The van der Waals surface area contributed by atoms with E-state index in [2.05, 4.69) is 0 Å². The van der Waals surface area contributed by atoms with Crippen molar-refractivity contribution in [3.63, 3.8) is 0 Å². The van der Waals surface area contributed by atoms with Crippen molar-refractivity contribution in [3.05, 3.63) is 0 Å². The molecule has 0 nitrogen and oxygen atoms in total. The summed E-state index contributed by atoms with van der Waals surface area (Å²) < 4.78 is 5.00. The molecule has 3 heteroatoms. The van der Waals surface area contributed by atoms with Gasteiger partial charge < -0.3 is 0 Å². The Morgan fingerprint density at radius 3 is 2.71 bits per heavy atom. The minimum absolute atomic E-state index is 0.0857. The van der Waals surface area contributed by atoms with Crippen molar-refractivity contribution in [2.75, 3.05) is 8.86 Å². The van der Waals surface area contributed by atoms with Crippen LogP contribution in [-0.4, -0.2) is 12.8 Å². The molecule has 7 heavy (non-hydrogen) atoms. The Labute approximate surface area is 64.2 Å². The van der Waals surface area contributed by atoms with Gasteiger partial charge in [-0.05, 0) is 0 Å². The zero-order chi connectivity index (χ0) is 4.69. The Kier molecular flexibility index (Phi) is 2.06. The average molecular weight is 436 g/mol. The van der Waals surface area contributed by atoms with Crippen LogP contribution < -0.4 is 34.5 Å². The van der Waals surface area contributed by atoms with Gasteiger partial charge in [-0.3, -0.25) is 0 Å². The monoisotopic (exact) mass is 436 g/mol. The summed E-state index contributed by atoms with van der Waals surface area (Å²) in [6.07, 6.45) is 1.71. The first-order valence-electron chi connectivity index (χ1n) is 2.35. The molecule has 0 aromatic rings. The van der Waals surface area contributed by atoms with Gasteiger partial charge in [0.2, 0.25) is 0 Å². The number of hydrogen-bond donors (Lipinski definition) is 0. The molecule has 2 fully saturated rings. The van der Waals surface area contributed by atoms with Crippen LogP contribution >= 0.6 is 11.9 Å². The molecule has 2 aliphatic rings. The summed E-state index contributed by atoms with van der Waals surface area (Å²) in [6.45, 7) is 0. The van der Waals surface area contributed by atoms with Gasteiger partial charge in [0.25, 0.3) is 0 Å². The Hall–Kier alpha value is 2.19. The molecule has 0 N–H and O–H groups in total. The van der Waals surface area contributed by atoms with E-state index in [-0.39, 0.29) is 11.9 Å². The van der Waals surface area contributed by atoms with Gasteiger partial charge in [-0.15, -0.1) is 0 Å². The summed E-state index contributed by atoms with van der Waals surface area (Å²) in [7, 11) is 0. The molecule has 2 saturated heterocycles. The first kappa shape index (κ1) is 5.94. The summed E-state index contributed by atoms with van der Waals surface area (Å²) in [5, 5.41) is 0. The predicted octanol–water partition coefficient (Wildman–Crippen LogP) is -4.71. The van der Waals surface area contributed by atoms with Gasteiger partial charge >= 0.3 is 65.5 Å². The van der Waals surface area contributed by atoms with Crippen LogP contribution in [0.25, 0.3) is 0 Å². The molecule has 0 aromatic heterocycles.